The number of aliphatic hydroxyl groups is 1. The zero-order chi connectivity index (χ0) is 10.6. The van der Waals surface area contributed by atoms with Gasteiger partial charge in [-0.3, -0.25) is 0 Å². The monoisotopic (exact) mass is 213 g/mol. The first-order chi connectivity index (χ1) is 7.29. The van der Waals surface area contributed by atoms with Crippen LogP contribution in [-0.4, -0.2) is 43.1 Å². The van der Waals surface area contributed by atoms with Gasteiger partial charge in [-0.2, -0.15) is 0 Å². The van der Waals surface area contributed by atoms with Gasteiger partial charge < -0.3 is 19.9 Å². The number of hydrogen-bond acceptors (Lipinski definition) is 4. The quantitative estimate of drug-likeness (QED) is 0.710. The molecule has 0 bridgehead atoms. The van der Waals surface area contributed by atoms with Gasteiger partial charge in [-0.25, -0.2) is 0 Å². The first-order valence-electron chi connectivity index (χ1n) is 5.60. The molecule has 0 spiro atoms. The Morgan fingerprint density at radius 2 is 2.47 bits per heavy atom. The van der Waals surface area contributed by atoms with Gasteiger partial charge in [0.2, 0.25) is 0 Å². The van der Waals surface area contributed by atoms with E-state index in [1.54, 1.807) is 6.26 Å². The second-order valence-corrected chi connectivity index (χ2v) is 4.37. The van der Waals surface area contributed by atoms with Crippen LogP contribution in [0.2, 0.25) is 0 Å². The van der Waals surface area contributed by atoms with E-state index in [1.807, 2.05) is 6.08 Å². The fourth-order valence-electron chi connectivity index (χ4n) is 1.94. The summed E-state index contributed by atoms with van der Waals surface area (Å²) in [7, 11) is 0. The van der Waals surface area contributed by atoms with Crippen molar-refractivity contribution in [2.24, 2.45) is 0 Å². The number of allylic oxidation sites excluding steroid dienone is 1. The first-order valence-corrected chi connectivity index (χ1v) is 5.60. The third-order valence-corrected chi connectivity index (χ3v) is 2.93. The van der Waals surface area contributed by atoms with Gasteiger partial charge in [-0.05, 0) is 18.9 Å². The molecule has 0 aromatic rings. The van der Waals surface area contributed by atoms with Crippen LogP contribution in [0.25, 0.3) is 0 Å². The Kier molecular flexibility index (Phi) is 3.61. The zero-order valence-electron chi connectivity index (χ0n) is 8.95. The summed E-state index contributed by atoms with van der Waals surface area (Å²) >= 11 is 0. The van der Waals surface area contributed by atoms with Crippen molar-refractivity contribution in [3.8, 4) is 0 Å². The average Bonchev–Trinajstić information content (AvgIpc) is 2.67. The first kappa shape index (κ1) is 10.9. The van der Waals surface area contributed by atoms with E-state index in [0.717, 1.165) is 25.8 Å². The highest BCUT2D eigenvalue weighted by molar-refractivity contribution is 4.87. The third kappa shape index (κ3) is 3.19. The Hall–Kier alpha value is -0.580. The van der Waals surface area contributed by atoms with Crippen LogP contribution in [0.4, 0.5) is 0 Å². The van der Waals surface area contributed by atoms with Crippen LogP contribution in [0.3, 0.4) is 0 Å². The molecular weight excluding hydrogens is 194 g/mol. The maximum atomic E-state index is 9.98. The summed E-state index contributed by atoms with van der Waals surface area (Å²) in [6.45, 7) is 2.51. The minimum atomic E-state index is -0.662. The molecule has 0 amide bonds. The summed E-state index contributed by atoms with van der Waals surface area (Å²) in [5, 5.41) is 13.2. The Morgan fingerprint density at radius 1 is 1.53 bits per heavy atom. The highest BCUT2D eigenvalue weighted by Gasteiger charge is 2.31. The molecular formula is C11H19NO3. The van der Waals surface area contributed by atoms with Crippen molar-refractivity contribution < 1.29 is 14.6 Å². The highest BCUT2D eigenvalue weighted by atomic mass is 16.5. The maximum Gasteiger partial charge on any atom is 0.110 e. The number of hydrogen-bond donors (Lipinski definition) is 2. The maximum absolute atomic E-state index is 9.98. The molecule has 0 radical (unpaired) electrons. The van der Waals surface area contributed by atoms with E-state index in [9.17, 15) is 5.11 Å². The summed E-state index contributed by atoms with van der Waals surface area (Å²) in [6.07, 6.45) is 6.92. The minimum absolute atomic E-state index is 0.251. The molecule has 4 nitrogen and oxygen atoms in total. The van der Waals surface area contributed by atoms with Crippen molar-refractivity contribution in [2.75, 3.05) is 26.3 Å². The molecule has 4 heteroatoms. The molecule has 86 valence electrons. The van der Waals surface area contributed by atoms with Crippen molar-refractivity contribution in [3.63, 3.8) is 0 Å². The predicted molar refractivity (Wildman–Crippen MR) is 56.5 cm³/mol. The molecule has 15 heavy (non-hydrogen) atoms. The Balaban J connectivity index is 1.63. The third-order valence-electron chi connectivity index (χ3n) is 2.93. The lowest BCUT2D eigenvalue weighted by Gasteiger charge is -2.24. The number of ether oxygens (including phenoxy) is 2. The van der Waals surface area contributed by atoms with Gasteiger partial charge in [0.1, 0.15) is 11.7 Å². The fourth-order valence-corrected chi connectivity index (χ4v) is 1.94. The van der Waals surface area contributed by atoms with Crippen LogP contribution in [-0.2, 0) is 9.47 Å². The molecule has 0 aromatic heterocycles. The molecule has 2 N–H and O–H groups in total. The summed E-state index contributed by atoms with van der Waals surface area (Å²) in [6, 6.07) is 0. The number of nitrogens with one attached hydrogen (secondary N) is 1. The van der Waals surface area contributed by atoms with Crippen molar-refractivity contribution in [3.05, 3.63) is 12.3 Å². The molecule has 2 unspecified atom stereocenters. The average molecular weight is 213 g/mol. The summed E-state index contributed by atoms with van der Waals surface area (Å²) in [5.41, 5.74) is -0.662. The molecule has 0 aromatic carbocycles. The number of rotatable bonds is 4. The van der Waals surface area contributed by atoms with Gasteiger partial charge in [-0.1, -0.05) is 0 Å². The molecule has 2 atom stereocenters. The van der Waals surface area contributed by atoms with Crippen molar-refractivity contribution in [2.45, 2.75) is 31.0 Å². The van der Waals surface area contributed by atoms with Gasteiger partial charge in [0.25, 0.3) is 0 Å². The normalized spacial score (nSPS) is 35.4. The molecule has 2 aliphatic rings. The van der Waals surface area contributed by atoms with Crippen molar-refractivity contribution in [1.29, 1.82) is 0 Å². The minimum Gasteiger partial charge on any atom is -0.497 e. The van der Waals surface area contributed by atoms with E-state index < -0.39 is 5.60 Å². The van der Waals surface area contributed by atoms with Gasteiger partial charge >= 0.3 is 0 Å². The SMILES string of the molecule is OC1(CNCC2CCC=CO2)CCOC1. The van der Waals surface area contributed by atoms with E-state index >= 15 is 0 Å². The van der Waals surface area contributed by atoms with Crippen LogP contribution in [0, 0.1) is 0 Å². The fraction of sp³-hybridized carbons (Fsp3) is 0.818. The van der Waals surface area contributed by atoms with Crippen LogP contribution in [0.5, 0.6) is 0 Å². The zero-order valence-corrected chi connectivity index (χ0v) is 8.95. The Labute approximate surface area is 90.3 Å². The van der Waals surface area contributed by atoms with E-state index in [1.165, 1.54) is 0 Å². The molecule has 0 aliphatic carbocycles. The second kappa shape index (κ2) is 4.96. The summed E-state index contributed by atoms with van der Waals surface area (Å²) in [5.74, 6) is 0. The lowest BCUT2D eigenvalue weighted by Crippen LogP contribution is -2.43. The molecule has 2 heterocycles. The topological polar surface area (TPSA) is 50.7 Å². The largest absolute Gasteiger partial charge is 0.497 e. The summed E-state index contributed by atoms with van der Waals surface area (Å²) < 4.78 is 10.6. The molecule has 1 fully saturated rings. The van der Waals surface area contributed by atoms with Gasteiger partial charge in [0.05, 0.1) is 12.9 Å². The van der Waals surface area contributed by atoms with E-state index in [2.05, 4.69) is 5.32 Å². The predicted octanol–water partition coefficient (Wildman–Crippen LogP) is 0.420. The molecule has 2 rings (SSSR count). The van der Waals surface area contributed by atoms with E-state index in [0.29, 0.717) is 19.8 Å². The van der Waals surface area contributed by atoms with Crippen LogP contribution in [0.15, 0.2) is 12.3 Å². The van der Waals surface area contributed by atoms with Gasteiger partial charge in [-0.15, -0.1) is 0 Å². The molecule has 2 aliphatic heterocycles. The van der Waals surface area contributed by atoms with E-state index in [-0.39, 0.29) is 6.10 Å². The lowest BCUT2D eigenvalue weighted by molar-refractivity contribution is 0.0232. The van der Waals surface area contributed by atoms with Gasteiger partial charge in [0.15, 0.2) is 0 Å². The lowest BCUT2D eigenvalue weighted by atomic mass is 10.0. The van der Waals surface area contributed by atoms with Gasteiger partial charge in [0, 0.05) is 26.1 Å². The van der Waals surface area contributed by atoms with Crippen LogP contribution >= 0.6 is 0 Å². The van der Waals surface area contributed by atoms with Crippen LogP contribution < -0.4 is 5.32 Å². The highest BCUT2D eigenvalue weighted by Crippen LogP contribution is 2.17. The van der Waals surface area contributed by atoms with E-state index in [4.69, 9.17) is 9.47 Å². The second-order valence-electron chi connectivity index (χ2n) is 4.37. The van der Waals surface area contributed by atoms with Crippen molar-refractivity contribution in [1.82, 2.24) is 5.32 Å². The Bertz CT molecular complexity index is 224. The standard InChI is InChI=1S/C11H19NO3/c13-11(4-6-14-9-11)8-12-7-10-3-1-2-5-15-10/h2,5,10,12-13H,1,3-4,6-9H2. The Morgan fingerprint density at radius 3 is 3.13 bits per heavy atom. The smallest absolute Gasteiger partial charge is 0.110 e. The molecule has 1 saturated heterocycles. The summed E-state index contributed by atoms with van der Waals surface area (Å²) in [4.78, 5) is 0. The van der Waals surface area contributed by atoms with Crippen LogP contribution in [0.1, 0.15) is 19.3 Å². The molecule has 0 saturated carbocycles. The van der Waals surface area contributed by atoms with Crippen molar-refractivity contribution >= 4 is 0 Å².